The van der Waals surface area contributed by atoms with E-state index in [1.165, 1.54) is 10.4 Å². The van der Waals surface area contributed by atoms with Gasteiger partial charge in [-0.25, -0.2) is 9.97 Å². The second kappa shape index (κ2) is 9.29. The summed E-state index contributed by atoms with van der Waals surface area (Å²) in [5.74, 6) is 0.846. The van der Waals surface area contributed by atoms with E-state index in [2.05, 4.69) is 29.2 Å². The Balaban J connectivity index is 1.57. The van der Waals surface area contributed by atoms with Crippen LogP contribution in [-0.4, -0.2) is 63.4 Å². The van der Waals surface area contributed by atoms with Crippen molar-refractivity contribution in [2.45, 2.75) is 26.8 Å². The lowest BCUT2D eigenvalue weighted by molar-refractivity contribution is -0.121. The molecule has 0 spiro atoms. The molecule has 0 aliphatic carbocycles. The monoisotopic (exact) mass is 443 g/mol. The maximum absolute atomic E-state index is 12.1. The zero-order valence-electron chi connectivity index (χ0n) is 18.2. The van der Waals surface area contributed by atoms with Crippen LogP contribution in [0.25, 0.3) is 10.2 Å². The van der Waals surface area contributed by atoms with Crippen LogP contribution in [0.15, 0.2) is 12.4 Å². The number of anilines is 1. The van der Waals surface area contributed by atoms with Crippen molar-refractivity contribution in [3.05, 3.63) is 34.2 Å². The van der Waals surface area contributed by atoms with Crippen molar-refractivity contribution >= 4 is 33.3 Å². The van der Waals surface area contributed by atoms with Crippen molar-refractivity contribution < 1.29 is 9.53 Å². The molecule has 1 aliphatic rings. The number of nitrogens with zero attached hydrogens (tertiary/aromatic N) is 5. The van der Waals surface area contributed by atoms with Crippen LogP contribution in [-0.2, 0) is 29.5 Å². The average molecular weight is 444 g/mol. The van der Waals surface area contributed by atoms with Crippen molar-refractivity contribution in [1.29, 1.82) is 0 Å². The lowest BCUT2D eigenvalue weighted by Gasteiger charge is -2.26. The highest BCUT2D eigenvalue weighted by Gasteiger charge is 2.21. The number of ether oxygens (including phenoxy) is 1. The third-order valence-corrected chi connectivity index (χ3v) is 6.80. The minimum absolute atomic E-state index is 0.339. The summed E-state index contributed by atoms with van der Waals surface area (Å²) in [5, 5.41) is 8.62. The van der Waals surface area contributed by atoms with Gasteiger partial charge in [0.15, 0.2) is 0 Å². The summed E-state index contributed by atoms with van der Waals surface area (Å²) in [6.45, 7) is 8.50. The zero-order chi connectivity index (χ0) is 22.0. The third kappa shape index (κ3) is 5.03. The van der Waals surface area contributed by atoms with Crippen LogP contribution in [0.4, 0.5) is 5.82 Å². The first-order valence-corrected chi connectivity index (χ1v) is 11.3. The molecule has 1 fully saturated rings. The van der Waals surface area contributed by atoms with Gasteiger partial charge in [0, 0.05) is 37.8 Å². The summed E-state index contributed by atoms with van der Waals surface area (Å²) in [7, 11) is 1.86. The molecule has 1 aliphatic heterocycles. The molecule has 1 amide bonds. The summed E-state index contributed by atoms with van der Waals surface area (Å²) in [5.41, 5.74) is 7.85. The van der Waals surface area contributed by atoms with Crippen LogP contribution < -0.4 is 11.1 Å². The van der Waals surface area contributed by atoms with E-state index in [9.17, 15) is 4.79 Å². The Labute approximate surface area is 185 Å². The number of carbonyl (C=O) groups excluding carboxylic acids is 1. The van der Waals surface area contributed by atoms with Crippen molar-refractivity contribution in [3.8, 4) is 0 Å². The number of hydrogen-bond acceptors (Lipinski definition) is 8. The number of amides is 1. The Morgan fingerprint density at radius 3 is 2.77 bits per heavy atom. The van der Waals surface area contributed by atoms with E-state index in [-0.39, 0.29) is 11.8 Å². The minimum Gasteiger partial charge on any atom is -0.379 e. The summed E-state index contributed by atoms with van der Waals surface area (Å²) in [6, 6.07) is 0. The standard InChI is InChI=1S/C21H29N7O2S/c1-13-14(2)31-21-18(13)20(25-17(26-21)12-28-4-6-30-7-5-28)23-10-16(19(22)29)8-15-9-24-27(3)11-15/h9,11,16H,4-8,10,12H2,1-3H3,(H2,22,29)(H,23,25,26). The summed E-state index contributed by atoms with van der Waals surface area (Å²) < 4.78 is 7.17. The largest absolute Gasteiger partial charge is 0.379 e. The molecule has 9 nitrogen and oxygen atoms in total. The van der Waals surface area contributed by atoms with E-state index in [1.807, 2.05) is 13.2 Å². The number of rotatable bonds is 8. The highest BCUT2D eigenvalue weighted by molar-refractivity contribution is 7.18. The first-order chi connectivity index (χ1) is 14.9. The van der Waals surface area contributed by atoms with E-state index in [1.54, 1.807) is 22.2 Å². The number of nitrogens with one attached hydrogen (secondary N) is 1. The number of aromatic nitrogens is 4. The molecule has 1 saturated heterocycles. The molecular weight excluding hydrogens is 414 g/mol. The molecule has 10 heteroatoms. The van der Waals surface area contributed by atoms with Gasteiger partial charge < -0.3 is 15.8 Å². The summed E-state index contributed by atoms with van der Waals surface area (Å²) in [4.78, 5) is 26.3. The van der Waals surface area contributed by atoms with Gasteiger partial charge in [-0.2, -0.15) is 5.10 Å². The molecule has 0 saturated carbocycles. The maximum atomic E-state index is 12.1. The van der Waals surface area contributed by atoms with Crippen LogP contribution in [0.2, 0.25) is 0 Å². The van der Waals surface area contributed by atoms with Crippen LogP contribution in [0.5, 0.6) is 0 Å². The summed E-state index contributed by atoms with van der Waals surface area (Å²) >= 11 is 1.68. The summed E-state index contributed by atoms with van der Waals surface area (Å²) in [6.07, 6.45) is 4.21. The van der Waals surface area contributed by atoms with Crippen LogP contribution in [0.1, 0.15) is 21.8 Å². The van der Waals surface area contributed by atoms with Gasteiger partial charge >= 0.3 is 0 Å². The van der Waals surface area contributed by atoms with E-state index in [0.29, 0.717) is 19.5 Å². The number of morpholine rings is 1. The molecule has 0 radical (unpaired) electrons. The molecule has 4 rings (SSSR count). The second-order valence-corrected chi connectivity index (χ2v) is 9.25. The Morgan fingerprint density at radius 1 is 1.32 bits per heavy atom. The number of fused-ring (bicyclic) bond motifs is 1. The number of aryl methyl sites for hydroxylation is 3. The van der Waals surface area contributed by atoms with Crippen LogP contribution in [0, 0.1) is 19.8 Å². The Kier molecular flexibility index (Phi) is 6.49. The lowest BCUT2D eigenvalue weighted by atomic mass is 10.0. The molecule has 31 heavy (non-hydrogen) atoms. The fourth-order valence-corrected chi connectivity index (χ4v) is 4.85. The smallest absolute Gasteiger partial charge is 0.222 e. The van der Waals surface area contributed by atoms with Crippen LogP contribution >= 0.6 is 11.3 Å². The van der Waals surface area contributed by atoms with Crippen molar-refractivity contribution in [2.24, 2.45) is 18.7 Å². The van der Waals surface area contributed by atoms with E-state index >= 15 is 0 Å². The normalized spacial score (nSPS) is 16.0. The molecule has 3 aromatic rings. The SMILES string of the molecule is Cc1sc2nc(CN3CCOCC3)nc(NCC(Cc3cnn(C)c3)C(N)=O)c2c1C. The fraction of sp³-hybridized carbons (Fsp3) is 0.524. The fourth-order valence-electron chi connectivity index (χ4n) is 3.81. The van der Waals surface area contributed by atoms with Gasteiger partial charge in [-0.05, 0) is 31.4 Å². The molecule has 4 heterocycles. The number of carbonyl (C=O) groups is 1. The first kappa shape index (κ1) is 21.7. The molecule has 1 unspecified atom stereocenters. The Hall–Kier alpha value is -2.56. The Bertz CT molecular complexity index is 1070. The molecule has 0 bridgehead atoms. The molecule has 0 aromatic carbocycles. The van der Waals surface area contributed by atoms with E-state index in [0.717, 1.165) is 53.7 Å². The predicted octanol–water partition coefficient (Wildman–Crippen LogP) is 1.63. The van der Waals surface area contributed by atoms with E-state index in [4.69, 9.17) is 20.4 Å². The first-order valence-electron chi connectivity index (χ1n) is 10.5. The maximum Gasteiger partial charge on any atom is 0.222 e. The average Bonchev–Trinajstić information content (AvgIpc) is 3.27. The van der Waals surface area contributed by atoms with Gasteiger partial charge in [0.25, 0.3) is 0 Å². The second-order valence-electron chi connectivity index (χ2n) is 8.05. The lowest BCUT2D eigenvalue weighted by Crippen LogP contribution is -2.36. The topological polar surface area (TPSA) is 111 Å². The highest BCUT2D eigenvalue weighted by Crippen LogP contribution is 2.33. The predicted molar refractivity (Wildman–Crippen MR) is 121 cm³/mol. The van der Waals surface area contributed by atoms with Crippen molar-refractivity contribution in [3.63, 3.8) is 0 Å². The molecular formula is C21H29N7O2S. The molecule has 166 valence electrons. The third-order valence-electron chi connectivity index (χ3n) is 5.70. The minimum atomic E-state index is -0.364. The van der Waals surface area contributed by atoms with Crippen molar-refractivity contribution in [2.75, 3.05) is 38.2 Å². The number of primary amides is 1. The highest BCUT2D eigenvalue weighted by atomic mass is 32.1. The number of hydrogen-bond donors (Lipinski definition) is 2. The zero-order valence-corrected chi connectivity index (χ0v) is 19.0. The molecule has 3 N–H and O–H groups in total. The van der Waals surface area contributed by atoms with Gasteiger partial charge in [-0.15, -0.1) is 11.3 Å². The molecule has 3 aromatic heterocycles. The number of thiophene rings is 1. The van der Waals surface area contributed by atoms with E-state index < -0.39 is 0 Å². The quantitative estimate of drug-likeness (QED) is 0.544. The van der Waals surface area contributed by atoms with Crippen molar-refractivity contribution in [1.82, 2.24) is 24.6 Å². The van der Waals surface area contributed by atoms with Gasteiger partial charge in [0.1, 0.15) is 16.5 Å². The van der Waals surface area contributed by atoms with Crippen LogP contribution in [0.3, 0.4) is 0 Å². The molecule has 1 atom stereocenters. The van der Waals surface area contributed by atoms with Gasteiger partial charge in [0.2, 0.25) is 5.91 Å². The number of nitrogens with two attached hydrogens (primary N) is 1. The van der Waals surface area contributed by atoms with Gasteiger partial charge in [0.05, 0.1) is 37.3 Å². The van der Waals surface area contributed by atoms with Gasteiger partial charge in [-0.1, -0.05) is 0 Å². The Morgan fingerprint density at radius 2 is 2.10 bits per heavy atom. The van der Waals surface area contributed by atoms with Gasteiger partial charge in [-0.3, -0.25) is 14.4 Å².